The van der Waals surface area contributed by atoms with Crippen LogP contribution in [0.4, 0.5) is 5.00 Å². The number of anilines is 1. The number of carbonyl (C=O) groups is 3. The van der Waals surface area contributed by atoms with Gasteiger partial charge in [0.05, 0.1) is 9.88 Å². The summed E-state index contributed by atoms with van der Waals surface area (Å²) in [5, 5.41) is 3.73. The lowest BCUT2D eigenvalue weighted by atomic mass is 10.1. The van der Waals surface area contributed by atoms with E-state index in [-0.39, 0.29) is 29.7 Å². The normalized spacial score (nSPS) is 20.6. The topological polar surface area (TPSA) is 69.7 Å². The predicted molar refractivity (Wildman–Crippen MR) is 107 cm³/mol. The zero-order chi connectivity index (χ0) is 19.6. The number of piperazine rings is 1. The molecule has 1 aliphatic heterocycles. The van der Waals surface area contributed by atoms with Gasteiger partial charge in [-0.1, -0.05) is 19.4 Å². The van der Waals surface area contributed by atoms with Crippen LogP contribution in [0.5, 0.6) is 0 Å². The summed E-state index contributed by atoms with van der Waals surface area (Å²) in [5.74, 6) is 0.0370. The van der Waals surface area contributed by atoms with Crippen molar-refractivity contribution in [1.29, 1.82) is 0 Å². The van der Waals surface area contributed by atoms with E-state index in [4.69, 9.17) is 0 Å². The van der Waals surface area contributed by atoms with Crippen LogP contribution < -0.4 is 5.32 Å². The van der Waals surface area contributed by atoms with Crippen molar-refractivity contribution in [2.24, 2.45) is 5.92 Å². The second kappa shape index (κ2) is 8.25. The minimum Gasteiger partial charge on any atom is -0.335 e. The highest BCUT2D eigenvalue weighted by atomic mass is 32.1. The maximum absolute atomic E-state index is 13.0. The molecular formula is C20H27N3O3S. The maximum Gasteiger partial charge on any atom is 0.264 e. The van der Waals surface area contributed by atoms with Crippen LogP contribution in [-0.2, 0) is 9.59 Å². The Morgan fingerprint density at radius 1 is 1.26 bits per heavy atom. The Labute approximate surface area is 164 Å². The number of nitrogens with one attached hydrogen (secondary N) is 1. The van der Waals surface area contributed by atoms with Gasteiger partial charge in [0.15, 0.2) is 0 Å². The smallest absolute Gasteiger partial charge is 0.264 e. The van der Waals surface area contributed by atoms with Crippen molar-refractivity contribution in [3.05, 3.63) is 29.2 Å². The van der Waals surface area contributed by atoms with E-state index in [0.717, 1.165) is 36.2 Å². The van der Waals surface area contributed by atoms with Crippen molar-refractivity contribution in [3.8, 4) is 0 Å². The Morgan fingerprint density at radius 2 is 1.96 bits per heavy atom. The molecule has 27 heavy (non-hydrogen) atoms. The molecular weight excluding hydrogens is 362 g/mol. The molecule has 0 spiro atoms. The monoisotopic (exact) mass is 389 g/mol. The summed E-state index contributed by atoms with van der Waals surface area (Å²) in [6, 6.07) is 1.82. The lowest BCUT2D eigenvalue weighted by Crippen LogP contribution is -2.55. The van der Waals surface area contributed by atoms with Gasteiger partial charge in [0.2, 0.25) is 11.8 Å². The number of carbonyl (C=O) groups excluding carboxylic acids is 3. The van der Waals surface area contributed by atoms with Gasteiger partial charge >= 0.3 is 0 Å². The van der Waals surface area contributed by atoms with Gasteiger partial charge in [-0.05, 0) is 44.4 Å². The highest BCUT2D eigenvalue weighted by Gasteiger charge is 2.31. The van der Waals surface area contributed by atoms with Crippen LogP contribution in [0.25, 0.3) is 0 Å². The fourth-order valence-corrected chi connectivity index (χ4v) is 4.92. The lowest BCUT2D eigenvalue weighted by molar-refractivity contribution is -0.128. The van der Waals surface area contributed by atoms with Crippen LogP contribution in [0.15, 0.2) is 18.7 Å². The van der Waals surface area contributed by atoms with Crippen molar-refractivity contribution in [2.75, 3.05) is 25.0 Å². The summed E-state index contributed by atoms with van der Waals surface area (Å²) in [5.41, 5.74) is 0.878. The molecule has 3 rings (SSSR count). The number of rotatable bonds is 4. The summed E-state index contributed by atoms with van der Waals surface area (Å²) >= 11 is 1.34. The molecule has 1 aromatic heterocycles. The van der Waals surface area contributed by atoms with Crippen LogP contribution in [0, 0.1) is 12.8 Å². The second-order valence-electron chi connectivity index (χ2n) is 7.43. The number of nitrogens with zero attached hydrogens (tertiary/aromatic N) is 2. The largest absolute Gasteiger partial charge is 0.335 e. The zero-order valence-corrected chi connectivity index (χ0v) is 16.8. The van der Waals surface area contributed by atoms with E-state index in [1.807, 2.05) is 24.8 Å². The number of amides is 3. The maximum atomic E-state index is 13.0. The average molecular weight is 390 g/mol. The van der Waals surface area contributed by atoms with E-state index >= 15 is 0 Å². The van der Waals surface area contributed by atoms with Gasteiger partial charge in [0, 0.05) is 31.6 Å². The molecule has 1 aromatic rings. The Hall–Kier alpha value is -2.15. The van der Waals surface area contributed by atoms with Gasteiger partial charge in [0.1, 0.15) is 0 Å². The molecule has 1 N–H and O–H groups in total. The molecule has 3 amide bonds. The van der Waals surface area contributed by atoms with E-state index in [1.54, 1.807) is 4.90 Å². The van der Waals surface area contributed by atoms with E-state index < -0.39 is 0 Å². The fraction of sp³-hybridized carbons (Fsp3) is 0.550. The Bertz CT molecular complexity index is 752. The minimum atomic E-state index is -0.0989. The third kappa shape index (κ3) is 4.24. The first-order valence-corrected chi connectivity index (χ1v) is 10.4. The minimum absolute atomic E-state index is 0.0305. The number of hydrogen-bond acceptors (Lipinski definition) is 4. The molecule has 2 fully saturated rings. The highest BCUT2D eigenvalue weighted by molar-refractivity contribution is 7.18. The molecule has 146 valence electrons. The standard InChI is InChI=1S/C20H27N3O3S/c1-4-17(24)22-9-10-23(14(3)12-22)20(26)18-13(2)11-16(27-18)21-19(25)15-7-5-6-8-15/h4,11,14-15H,1,5-10,12H2,2-3H3,(H,21,25)/t14-/m0/s1. The van der Waals surface area contributed by atoms with Crippen LogP contribution in [0.2, 0.25) is 0 Å². The molecule has 1 saturated heterocycles. The van der Waals surface area contributed by atoms with Gasteiger partial charge in [-0.2, -0.15) is 0 Å². The van der Waals surface area contributed by atoms with Crippen molar-refractivity contribution >= 4 is 34.1 Å². The van der Waals surface area contributed by atoms with E-state index in [9.17, 15) is 14.4 Å². The zero-order valence-electron chi connectivity index (χ0n) is 16.0. The molecule has 0 unspecified atom stereocenters. The van der Waals surface area contributed by atoms with Crippen LogP contribution in [0.3, 0.4) is 0 Å². The number of thiophene rings is 1. The van der Waals surface area contributed by atoms with E-state index in [2.05, 4.69) is 11.9 Å². The van der Waals surface area contributed by atoms with Crippen LogP contribution in [-0.4, -0.2) is 53.2 Å². The summed E-state index contributed by atoms with van der Waals surface area (Å²) in [4.78, 5) is 41.4. The average Bonchev–Trinajstić information content (AvgIpc) is 3.30. The molecule has 2 aliphatic rings. The quantitative estimate of drug-likeness (QED) is 0.805. The Morgan fingerprint density at radius 3 is 2.59 bits per heavy atom. The molecule has 1 aliphatic carbocycles. The summed E-state index contributed by atoms with van der Waals surface area (Å²) < 4.78 is 0. The first-order chi connectivity index (χ1) is 12.9. The lowest BCUT2D eigenvalue weighted by Gasteiger charge is -2.39. The molecule has 6 nitrogen and oxygen atoms in total. The molecule has 1 saturated carbocycles. The highest BCUT2D eigenvalue weighted by Crippen LogP contribution is 2.31. The number of hydrogen-bond donors (Lipinski definition) is 1. The molecule has 0 bridgehead atoms. The van der Waals surface area contributed by atoms with Gasteiger partial charge in [-0.15, -0.1) is 11.3 Å². The van der Waals surface area contributed by atoms with Crippen LogP contribution >= 0.6 is 11.3 Å². The first-order valence-electron chi connectivity index (χ1n) is 9.54. The molecule has 7 heteroatoms. The summed E-state index contributed by atoms with van der Waals surface area (Å²) in [6.45, 7) is 8.89. The SMILES string of the molecule is C=CC(=O)N1CCN(C(=O)c2sc(NC(=O)C3CCCC3)cc2C)[C@@H](C)C1. The van der Waals surface area contributed by atoms with Gasteiger partial charge in [-0.3, -0.25) is 14.4 Å². The van der Waals surface area contributed by atoms with Gasteiger partial charge in [0.25, 0.3) is 5.91 Å². The summed E-state index contributed by atoms with van der Waals surface area (Å²) in [7, 11) is 0. The predicted octanol–water partition coefficient (Wildman–Crippen LogP) is 3.04. The van der Waals surface area contributed by atoms with Crippen molar-refractivity contribution < 1.29 is 14.4 Å². The number of aryl methyl sites for hydroxylation is 1. The van der Waals surface area contributed by atoms with Crippen molar-refractivity contribution in [3.63, 3.8) is 0 Å². The molecule has 0 radical (unpaired) electrons. The Kier molecular flexibility index (Phi) is 5.99. The van der Waals surface area contributed by atoms with Crippen molar-refractivity contribution in [1.82, 2.24) is 9.80 Å². The third-order valence-electron chi connectivity index (χ3n) is 5.46. The first kappa shape index (κ1) is 19.6. The third-order valence-corrected chi connectivity index (χ3v) is 6.60. The molecule has 0 aromatic carbocycles. The Balaban J connectivity index is 1.66. The fourth-order valence-electron chi connectivity index (χ4n) is 3.89. The summed E-state index contributed by atoms with van der Waals surface area (Å²) in [6.07, 6.45) is 5.44. The van der Waals surface area contributed by atoms with Crippen LogP contribution in [0.1, 0.15) is 47.8 Å². The van der Waals surface area contributed by atoms with Crippen molar-refractivity contribution in [2.45, 2.75) is 45.6 Å². The molecule has 1 atom stereocenters. The molecule has 2 heterocycles. The van der Waals surface area contributed by atoms with Gasteiger partial charge in [-0.25, -0.2) is 0 Å². The second-order valence-corrected chi connectivity index (χ2v) is 8.48. The van der Waals surface area contributed by atoms with Gasteiger partial charge < -0.3 is 15.1 Å². The van der Waals surface area contributed by atoms with E-state index in [0.29, 0.717) is 24.5 Å². The van der Waals surface area contributed by atoms with E-state index in [1.165, 1.54) is 17.4 Å².